The molecule has 2 atom stereocenters. The number of ether oxygens (including phenoxy) is 2. The monoisotopic (exact) mass is 896 g/mol. The van der Waals surface area contributed by atoms with Gasteiger partial charge in [-0.3, -0.25) is 9.36 Å². The number of phosphoric ester groups is 1. The molecule has 8 nitrogen and oxygen atoms in total. The smallest absolute Gasteiger partial charge is 0.306 e. The topological polar surface area (TPSA) is 94.1 Å². The minimum atomic E-state index is -4.53. The van der Waals surface area contributed by atoms with Crippen molar-refractivity contribution in [1.82, 2.24) is 0 Å². The molecule has 0 radical (unpaired) electrons. The summed E-state index contributed by atoms with van der Waals surface area (Å²) in [4.78, 5) is 25.2. The van der Waals surface area contributed by atoms with E-state index in [2.05, 4.69) is 50.3 Å². The normalized spacial score (nSPS) is 13.8. The highest BCUT2D eigenvalue weighted by atomic mass is 31.2. The minimum Gasteiger partial charge on any atom is -0.756 e. The fourth-order valence-corrected chi connectivity index (χ4v) is 8.07. The summed E-state index contributed by atoms with van der Waals surface area (Å²) < 4.78 is 34.8. The van der Waals surface area contributed by atoms with Gasteiger partial charge in [-0.2, -0.15) is 0 Å². The standard InChI is InChI=1S/C53H102NO7P/c1-6-8-10-12-14-16-18-20-22-24-26-27-28-29-31-33-35-37-39-41-43-45-48-58-50-52(51-60-62(56,57)59-49-47-54(3,4)5)61-53(55)46-44-42-40-38-36-34-32-30-25-23-21-19-17-15-13-11-9-7-2/h18,20,23-26,52H,6-17,19,21-22,27-51H2,1-5H3/b20-18-,25-23-,26-24-. The first-order valence-electron chi connectivity index (χ1n) is 26.2. The molecular formula is C53H102NO7P. The molecule has 0 saturated heterocycles. The molecule has 0 heterocycles. The third kappa shape index (κ3) is 49.7. The van der Waals surface area contributed by atoms with Gasteiger partial charge < -0.3 is 27.9 Å². The number of nitrogens with zero attached hydrogens (tertiary/aromatic N) is 1. The maximum atomic E-state index is 12.7. The van der Waals surface area contributed by atoms with Crippen molar-refractivity contribution in [2.75, 3.05) is 54.1 Å². The van der Waals surface area contributed by atoms with E-state index in [0.717, 1.165) is 38.5 Å². The number of carbonyl (C=O) groups excluding carboxylic acids is 1. The van der Waals surface area contributed by atoms with E-state index in [1.807, 2.05) is 21.1 Å². The van der Waals surface area contributed by atoms with Crippen LogP contribution in [0.3, 0.4) is 0 Å². The lowest BCUT2D eigenvalue weighted by Gasteiger charge is -2.28. The van der Waals surface area contributed by atoms with Crippen molar-refractivity contribution in [3.8, 4) is 0 Å². The van der Waals surface area contributed by atoms with E-state index in [0.29, 0.717) is 24.1 Å². The van der Waals surface area contributed by atoms with Crippen molar-refractivity contribution in [2.45, 2.75) is 245 Å². The first-order chi connectivity index (χ1) is 30.1. The molecule has 2 unspecified atom stereocenters. The van der Waals surface area contributed by atoms with Gasteiger partial charge in [0.2, 0.25) is 0 Å². The molecule has 62 heavy (non-hydrogen) atoms. The second kappa shape index (κ2) is 46.3. The SMILES string of the molecule is CCCCCCC/C=C\C/C=C\CCCCCCCCCCCCOCC(COP(=O)([O-])OCC[N+](C)(C)C)OC(=O)CCCCCCCCC/C=C\CCCCCCCCC. The number of likely N-dealkylation sites (N-methyl/N-ethyl adjacent to an activating group) is 1. The lowest BCUT2D eigenvalue weighted by atomic mass is 10.1. The van der Waals surface area contributed by atoms with E-state index in [1.165, 1.54) is 180 Å². The number of unbranched alkanes of at least 4 members (excludes halogenated alkanes) is 29. The van der Waals surface area contributed by atoms with Crippen molar-refractivity contribution in [2.24, 2.45) is 0 Å². The van der Waals surface area contributed by atoms with E-state index in [9.17, 15) is 14.3 Å². The zero-order valence-corrected chi connectivity index (χ0v) is 42.5. The highest BCUT2D eigenvalue weighted by molar-refractivity contribution is 7.45. The fourth-order valence-electron chi connectivity index (χ4n) is 7.34. The van der Waals surface area contributed by atoms with Gasteiger partial charge in [0.05, 0.1) is 34.4 Å². The summed E-state index contributed by atoms with van der Waals surface area (Å²) in [5, 5.41) is 0. The summed E-state index contributed by atoms with van der Waals surface area (Å²) in [6.45, 7) is 5.42. The summed E-state index contributed by atoms with van der Waals surface area (Å²) in [6.07, 6.45) is 55.9. The average molecular weight is 896 g/mol. The number of allylic oxidation sites excluding steroid dienone is 6. The molecule has 0 fully saturated rings. The Balaban J connectivity index is 4.13. The van der Waals surface area contributed by atoms with Gasteiger partial charge in [-0.05, 0) is 70.6 Å². The van der Waals surface area contributed by atoms with Crippen LogP contribution in [0.15, 0.2) is 36.5 Å². The fraction of sp³-hybridized carbons (Fsp3) is 0.868. The zero-order chi connectivity index (χ0) is 45.5. The second-order valence-corrected chi connectivity index (χ2v) is 20.3. The van der Waals surface area contributed by atoms with Crippen LogP contribution in [0, 0.1) is 0 Å². The molecule has 366 valence electrons. The molecule has 0 aliphatic rings. The van der Waals surface area contributed by atoms with Crippen LogP contribution in [0.5, 0.6) is 0 Å². The van der Waals surface area contributed by atoms with Gasteiger partial charge in [0.25, 0.3) is 7.82 Å². The molecule has 0 rings (SSSR count). The van der Waals surface area contributed by atoms with E-state index >= 15 is 0 Å². The summed E-state index contributed by atoms with van der Waals surface area (Å²) in [5.74, 6) is -0.337. The molecule has 0 amide bonds. The van der Waals surface area contributed by atoms with Crippen LogP contribution in [0.25, 0.3) is 0 Å². The van der Waals surface area contributed by atoms with E-state index in [1.54, 1.807) is 0 Å². The Bertz CT molecular complexity index is 1090. The Morgan fingerprint density at radius 3 is 1.32 bits per heavy atom. The number of hydrogen-bond acceptors (Lipinski definition) is 7. The first kappa shape index (κ1) is 60.7. The van der Waals surface area contributed by atoms with Gasteiger partial charge in [0, 0.05) is 13.0 Å². The van der Waals surface area contributed by atoms with Crippen LogP contribution in [-0.2, 0) is 27.9 Å². The molecule has 0 N–H and O–H groups in total. The van der Waals surface area contributed by atoms with Crippen molar-refractivity contribution in [3.05, 3.63) is 36.5 Å². The van der Waals surface area contributed by atoms with Crippen LogP contribution in [0.2, 0.25) is 0 Å². The first-order valence-corrected chi connectivity index (χ1v) is 27.7. The third-order valence-corrected chi connectivity index (χ3v) is 12.4. The van der Waals surface area contributed by atoms with Crippen LogP contribution < -0.4 is 4.89 Å². The Hall–Kier alpha value is -1.28. The van der Waals surface area contributed by atoms with Gasteiger partial charge in [-0.1, -0.05) is 198 Å². The van der Waals surface area contributed by atoms with Crippen molar-refractivity contribution in [3.63, 3.8) is 0 Å². The predicted molar refractivity (Wildman–Crippen MR) is 263 cm³/mol. The van der Waals surface area contributed by atoms with Gasteiger partial charge in [-0.25, -0.2) is 0 Å². The van der Waals surface area contributed by atoms with Gasteiger partial charge in [-0.15, -0.1) is 0 Å². The van der Waals surface area contributed by atoms with Gasteiger partial charge in [0.1, 0.15) is 19.3 Å². The number of phosphoric acid groups is 1. The van der Waals surface area contributed by atoms with Crippen LogP contribution in [0.1, 0.15) is 239 Å². The maximum absolute atomic E-state index is 12.7. The average Bonchev–Trinajstić information content (AvgIpc) is 3.23. The van der Waals surface area contributed by atoms with Crippen molar-refractivity contribution in [1.29, 1.82) is 0 Å². The molecule has 0 saturated carbocycles. The lowest BCUT2D eigenvalue weighted by molar-refractivity contribution is -0.870. The molecule has 0 aromatic carbocycles. The Morgan fingerprint density at radius 2 is 0.887 bits per heavy atom. The van der Waals surface area contributed by atoms with Crippen LogP contribution >= 0.6 is 7.82 Å². The van der Waals surface area contributed by atoms with Crippen molar-refractivity contribution >= 4 is 13.8 Å². The molecule has 0 aromatic rings. The molecule has 0 spiro atoms. The Labute approximate surface area is 385 Å². The molecule has 9 heteroatoms. The highest BCUT2D eigenvalue weighted by Crippen LogP contribution is 2.38. The molecule has 0 bridgehead atoms. The number of carbonyl (C=O) groups is 1. The maximum Gasteiger partial charge on any atom is 0.306 e. The second-order valence-electron chi connectivity index (χ2n) is 18.9. The lowest BCUT2D eigenvalue weighted by Crippen LogP contribution is -2.37. The number of quaternary nitrogens is 1. The molecule has 0 aromatic heterocycles. The summed E-state index contributed by atoms with van der Waals surface area (Å²) in [6, 6.07) is 0. The summed E-state index contributed by atoms with van der Waals surface area (Å²) >= 11 is 0. The van der Waals surface area contributed by atoms with Crippen LogP contribution in [-0.4, -0.2) is 70.7 Å². The summed E-state index contributed by atoms with van der Waals surface area (Å²) in [7, 11) is 1.36. The van der Waals surface area contributed by atoms with E-state index < -0.39 is 13.9 Å². The van der Waals surface area contributed by atoms with Gasteiger partial charge in [0.15, 0.2) is 0 Å². The van der Waals surface area contributed by atoms with Gasteiger partial charge >= 0.3 is 5.97 Å². The quantitative estimate of drug-likeness (QED) is 0.0197. The molecule has 0 aliphatic carbocycles. The molecule has 0 aliphatic heterocycles. The minimum absolute atomic E-state index is 0.0251. The predicted octanol–water partition coefficient (Wildman–Crippen LogP) is 15.5. The third-order valence-electron chi connectivity index (χ3n) is 11.4. The highest BCUT2D eigenvalue weighted by Gasteiger charge is 2.20. The Morgan fingerprint density at radius 1 is 0.500 bits per heavy atom. The molecular weight excluding hydrogens is 794 g/mol. The largest absolute Gasteiger partial charge is 0.756 e. The van der Waals surface area contributed by atoms with Crippen molar-refractivity contribution < 1.29 is 37.3 Å². The number of hydrogen-bond donors (Lipinski definition) is 0. The Kier molecular flexibility index (Phi) is 45.3. The van der Waals surface area contributed by atoms with E-state index in [-0.39, 0.29) is 25.8 Å². The van der Waals surface area contributed by atoms with E-state index in [4.69, 9.17) is 18.5 Å². The van der Waals surface area contributed by atoms with Crippen LogP contribution in [0.4, 0.5) is 0 Å². The number of esters is 1. The summed E-state index contributed by atoms with van der Waals surface area (Å²) in [5.41, 5.74) is 0. The number of rotatable bonds is 49. The zero-order valence-electron chi connectivity index (χ0n) is 41.6.